The van der Waals surface area contributed by atoms with Crippen LogP contribution in [0, 0.1) is 29.1 Å². The first-order valence-electron chi connectivity index (χ1n) is 37.3. The molecule has 7 heteroatoms. The molecule has 0 spiro atoms. The van der Waals surface area contributed by atoms with Gasteiger partial charge in [-0.1, -0.05) is 251 Å². The Morgan fingerprint density at radius 3 is 1.41 bits per heavy atom. The summed E-state index contributed by atoms with van der Waals surface area (Å²) in [5.41, 5.74) is 10.9. The Balaban J connectivity index is 0.000000186. The zero-order valence-corrected chi connectivity index (χ0v) is 60.9. The summed E-state index contributed by atoms with van der Waals surface area (Å²) in [5.74, 6) is 7.94. The lowest BCUT2D eigenvalue weighted by molar-refractivity contribution is -0.180. The van der Waals surface area contributed by atoms with E-state index in [9.17, 15) is 0 Å². The van der Waals surface area contributed by atoms with Crippen LogP contribution in [0.1, 0.15) is 282 Å². The van der Waals surface area contributed by atoms with Crippen LogP contribution in [0.3, 0.4) is 0 Å². The Kier molecular flexibility index (Phi) is 31.1. The van der Waals surface area contributed by atoms with Crippen molar-refractivity contribution in [2.24, 2.45) is 29.1 Å². The van der Waals surface area contributed by atoms with Crippen LogP contribution in [-0.4, -0.2) is 42.8 Å². The third-order valence-electron chi connectivity index (χ3n) is 21.1. The van der Waals surface area contributed by atoms with Crippen molar-refractivity contribution in [3.8, 4) is 34.1 Å². The number of ether oxygens (including phenoxy) is 6. The van der Waals surface area contributed by atoms with Gasteiger partial charge in [0.15, 0.2) is 6.29 Å². The number of hydrogen-bond acceptors (Lipinski definition) is 7. The third-order valence-corrected chi connectivity index (χ3v) is 21.1. The molecule has 2 bridgehead atoms. The summed E-state index contributed by atoms with van der Waals surface area (Å²) in [4.78, 5) is 0. The molecule has 0 heterocycles. The lowest BCUT2D eigenvalue weighted by atomic mass is 9.77. The fourth-order valence-electron chi connectivity index (χ4n) is 13.9. The largest absolute Gasteiger partial charge is 0.508 e. The average Bonchev–Trinajstić information content (AvgIpc) is 1.61. The minimum atomic E-state index is -0.258. The lowest BCUT2D eigenvalue weighted by Crippen LogP contribution is -2.43. The van der Waals surface area contributed by atoms with Crippen molar-refractivity contribution in [1.29, 1.82) is 0 Å². The molecule has 1 N–H and O–H groups in total. The number of unbranched alkanes of at least 4 members (excludes halogenated alkanes) is 2. The molecular weight excluding hydrogens is 1160 g/mol. The van der Waals surface area contributed by atoms with Crippen LogP contribution in [0.2, 0.25) is 0 Å². The number of fused-ring (bicyclic) bond motifs is 5. The van der Waals surface area contributed by atoms with Gasteiger partial charge in [-0.2, -0.15) is 0 Å². The number of benzene rings is 6. The van der Waals surface area contributed by atoms with Crippen molar-refractivity contribution in [3.05, 3.63) is 191 Å². The number of rotatable bonds is 31. The second kappa shape index (κ2) is 38.8. The van der Waals surface area contributed by atoms with Crippen molar-refractivity contribution in [2.45, 2.75) is 280 Å². The standard InChI is InChI=1S/C31H38O2.C24H40O2.C22H32O2.C10H14O/c1-5-7-12-23(4)31(33-25-19-17-24(18-20-25)22(3)6-2)32-21-30-28-15-10-8-13-26(28)27-14-9-11-16-29(27)30;1-5-7-11-19(3)18-24(25-22-12-9-8-10-13-22)26-23-16-14-21(15-17-23)20(4)6-2;1-6-16(4)18-8-11-20(12-9-18)24-21(23-15(2)3)22(5)14-17-7-10-19(22)13-17;1-3-8(2)9-4-6-10(11)7-5-9/h8-11,13-20,22-23,30-31H,5-7,12,21H2,1-4H3;14-17,19-20,22,24H,5-13,18H2,1-4H3;7-12,15-17,19,21H,6,13-14H2,1-5H3;4-8,11H,3H2,1-2H3. The summed E-state index contributed by atoms with van der Waals surface area (Å²) >= 11 is 0. The van der Waals surface area contributed by atoms with E-state index in [-0.39, 0.29) is 36.3 Å². The van der Waals surface area contributed by atoms with Crippen LogP contribution in [0.5, 0.6) is 23.0 Å². The molecule has 7 nitrogen and oxygen atoms in total. The van der Waals surface area contributed by atoms with Crippen molar-refractivity contribution in [1.82, 2.24) is 0 Å². The topological polar surface area (TPSA) is 75.6 Å². The Labute approximate surface area is 571 Å². The van der Waals surface area contributed by atoms with Gasteiger partial charge in [-0.3, -0.25) is 0 Å². The van der Waals surface area contributed by atoms with Gasteiger partial charge in [0.25, 0.3) is 0 Å². The monoisotopic (exact) mass is 1280 g/mol. The van der Waals surface area contributed by atoms with Crippen molar-refractivity contribution < 1.29 is 33.5 Å². The summed E-state index contributed by atoms with van der Waals surface area (Å²) in [5, 5.41) is 9.01. The Morgan fingerprint density at radius 2 is 0.968 bits per heavy atom. The number of hydrogen-bond donors (Lipinski definition) is 1. The van der Waals surface area contributed by atoms with Crippen molar-refractivity contribution in [2.75, 3.05) is 6.61 Å². The van der Waals surface area contributed by atoms with E-state index in [0.717, 1.165) is 55.8 Å². The highest BCUT2D eigenvalue weighted by Crippen LogP contribution is 2.55. The summed E-state index contributed by atoms with van der Waals surface area (Å²) in [6.07, 6.45) is 26.4. The molecule has 0 radical (unpaired) electrons. The smallest absolute Gasteiger partial charge is 0.206 e. The molecular formula is C87H124O7. The minimum Gasteiger partial charge on any atom is -0.508 e. The van der Waals surface area contributed by atoms with Gasteiger partial charge in [0.1, 0.15) is 23.0 Å². The van der Waals surface area contributed by atoms with Crippen LogP contribution in [0.15, 0.2) is 158 Å². The number of phenols is 1. The zero-order valence-electron chi connectivity index (χ0n) is 60.9. The highest BCUT2D eigenvalue weighted by molar-refractivity contribution is 5.78. The van der Waals surface area contributed by atoms with E-state index < -0.39 is 0 Å². The summed E-state index contributed by atoms with van der Waals surface area (Å²) in [6, 6.07) is 50.7. The molecule has 10 rings (SSSR count). The van der Waals surface area contributed by atoms with E-state index in [1.807, 2.05) is 12.1 Å². The predicted octanol–water partition coefficient (Wildman–Crippen LogP) is 24.9. The van der Waals surface area contributed by atoms with Crippen molar-refractivity contribution in [3.63, 3.8) is 0 Å². The molecule has 12 atom stereocenters. The number of aromatic hydroxyl groups is 1. The molecule has 514 valence electrons. The van der Waals surface area contributed by atoms with E-state index in [0.29, 0.717) is 65.8 Å². The van der Waals surface area contributed by atoms with Crippen LogP contribution in [0.4, 0.5) is 0 Å². The summed E-state index contributed by atoms with van der Waals surface area (Å²) in [6.45, 7) is 34.1. The molecule has 0 saturated heterocycles. The average molecular weight is 1280 g/mol. The molecule has 12 unspecified atom stereocenters. The Hall–Kier alpha value is -5.86. The van der Waals surface area contributed by atoms with Gasteiger partial charge in [0.05, 0.1) is 18.8 Å². The lowest BCUT2D eigenvalue weighted by Gasteiger charge is -2.39. The second-order valence-corrected chi connectivity index (χ2v) is 29.0. The summed E-state index contributed by atoms with van der Waals surface area (Å²) < 4.78 is 38.4. The second-order valence-electron chi connectivity index (χ2n) is 29.0. The van der Waals surface area contributed by atoms with Gasteiger partial charge < -0.3 is 33.5 Å². The van der Waals surface area contributed by atoms with Crippen LogP contribution < -0.4 is 14.2 Å². The van der Waals surface area contributed by atoms with Gasteiger partial charge in [-0.05, 0) is 206 Å². The van der Waals surface area contributed by atoms with Gasteiger partial charge >= 0.3 is 0 Å². The van der Waals surface area contributed by atoms with E-state index >= 15 is 0 Å². The quantitative estimate of drug-likeness (QED) is 0.0343. The highest BCUT2D eigenvalue weighted by atomic mass is 16.7. The maximum atomic E-state index is 9.01. The minimum absolute atomic E-state index is 0.0685. The van der Waals surface area contributed by atoms with Gasteiger partial charge in [0, 0.05) is 23.7 Å². The first kappa shape index (κ1) is 75.5. The maximum absolute atomic E-state index is 9.01. The number of phenolic OH excluding ortho intramolecular Hbond substituents is 1. The molecule has 6 aromatic rings. The van der Waals surface area contributed by atoms with Crippen molar-refractivity contribution >= 4 is 0 Å². The Bertz CT molecular complexity index is 3030. The van der Waals surface area contributed by atoms with Gasteiger partial charge in [0.2, 0.25) is 12.6 Å². The first-order valence-corrected chi connectivity index (χ1v) is 37.3. The molecule has 94 heavy (non-hydrogen) atoms. The van der Waals surface area contributed by atoms with Gasteiger partial charge in [-0.25, -0.2) is 0 Å². The zero-order chi connectivity index (χ0) is 67.6. The third kappa shape index (κ3) is 22.4. The van der Waals surface area contributed by atoms with E-state index in [4.69, 9.17) is 33.5 Å². The molecule has 2 saturated carbocycles. The molecule has 0 aliphatic heterocycles. The van der Waals surface area contributed by atoms with E-state index in [1.54, 1.807) is 12.1 Å². The molecule has 4 aliphatic rings. The molecule has 4 aliphatic carbocycles. The van der Waals surface area contributed by atoms with Crippen LogP contribution in [0.25, 0.3) is 11.1 Å². The molecule has 0 aromatic heterocycles. The maximum Gasteiger partial charge on any atom is 0.206 e. The fraction of sp³-hybridized carbons (Fsp3) is 0.563. The first-order chi connectivity index (χ1) is 45.4. The predicted molar refractivity (Wildman–Crippen MR) is 395 cm³/mol. The highest BCUT2D eigenvalue weighted by Gasteiger charge is 2.52. The summed E-state index contributed by atoms with van der Waals surface area (Å²) in [7, 11) is 0. The van der Waals surface area contributed by atoms with Gasteiger partial charge in [-0.15, -0.1) is 0 Å². The van der Waals surface area contributed by atoms with E-state index in [2.05, 4.69) is 237 Å². The normalized spacial score (nSPS) is 20.1. The van der Waals surface area contributed by atoms with Crippen LogP contribution >= 0.6 is 0 Å². The molecule has 0 amide bonds. The number of allylic oxidation sites excluding steroid dienone is 2. The van der Waals surface area contributed by atoms with E-state index in [1.165, 1.54) is 122 Å². The Morgan fingerprint density at radius 1 is 0.511 bits per heavy atom. The fourth-order valence-corrected chi connectivity index (χ4v) is 13.9. The molecule has 6 aromatic carbocycles. The molecule has 2 fully saturated rings. The SMILES string of the molecule is CCC(C)c1ccc(O)cc1.CCC(C)c1ccc(OC(OC(C)C)C2(C)CC3C=CC2C3)cc1.CCCCC(C)C(OCC1c2ccccc2-c2ccccc21)Oc1ccc(C(C)CC)cc1.CCCCC(C)CC(Oc1ccc(C(C)CC)cc1)OC1CCCCC1. The van der Waals surface area contributed by atoms with Crippen LogP contribution in [-0.2, 0) is 14.2 Å².